The number of thiazole rings is 1. The maximum absolute atomic E-state index is 12.3. The van der Waals surface area contributed by atoms with Crippen molar-refractivity contribution in [1.29, 1.82) is 0 Å². The minimum Gasteiger partial charge on any atom is -0.381 e. The molecule has 1 spiro atoms. The first-order valence-electron chi connectivity index (χ1n) is 9.32. The van der Waals surface area contributed by atoms with Gasteiger partial charge in [-0.3, -0.25) is 5.32 Å². The molecule has 1 saturated heterocycles. The minimum absolute atomic E-state index is 0.0998. The van der Waals surface area contributed by atoms with Crippen LogP contribution in [0.1, 0.15) is 56.6 Å². The van der Waals surface area contributed by atoms with Crippen LogP contribution >= 0.6 is 11.3 Å². The standard InChI is InChI=1S/C18H25N3O2S/c22-16(20-15-9-18(15)3-5-23-6-4-18)21-17-19-14(10-24-17)13-8-11-1-2-12(13)7-11/h10-13,15H,1-9H2,(H2,19,20,21,22). The van der Waals surface area contributed by atoms with Gasteiger partial charge in [-0.15, -0.1) is 11.3 Å². The normalized spacial score (nSPS) is 36.0. The van der Waals surface area contributed by atoms with Crippen LogP contribution < -0.4 is 10.6 Å². The summed E-state index contributed by atoms with van der Waals surface area (Å²) in [5.41, 5.74) is 1.52. The number of ether oxygens (including phenoxy) is 1. The van der Waals surface area contributed by atoms with E-state index in [1.54, 1.807) is 11.3 Å². The van der Waals surface area contributed by atoms with E-state index in [4.69, 9.17) is 9.72 Å². The van der Waals surface area contributed by atoms with Gasteiger partial charge in [-0.05, 0) is 55.8 Å². The predicted octanol–water partition coefficient (Wildman–Crippen LogP) is 3.74. The van der Waals surface area contributed by atoms with Gasteiger partial charge in [0.2, 0.25) is 0 Å². The summed E-state index contributed by atoms with van der Waals surface area (Å²) in [4.78, 5) is 17.0. The zero-order valence-corrected chi connectivity index (χ0v) is 14.7. The Morgan fingerprint density at radius 2 is 2.17 bits per heavy atom. The molecule has 2 heterocycles. The smallest absolute Gasteiger partial charge is 0.321 e. The van der Waals surface area contributed by atoms with Gasteiger partial charge in [-0.1, -0.05) is 6.42 Å². The van der Waals surface area contributed by atoms with Gasteiger partial charge in [0.25, 0.3) is 0 Å². The fourth-order valence-corrected chi connectivity index (χ4v) is 6.06. The molecule has 3 saturated carbocycles. The highest BCUT2D eigenvalue weighted by Crippen LogP contribution is 2.54. The van der Waals surface area contributed by atoms with Crippen LogP contribution in [0.25, 0.3) is 0 Å². The molecular formula is C18H25N3O2S. The van der Waals surface area contributed by atoms with Gasteiger partial charge in [-0.2, -0.15) is 0 Å². The van der Waals surface area contributed by atoms with E-state index in [-0.39, 0.29) is 6.03 Å². The number of amides is 2. The summed E-state index contributed by atoms with van der Waals surface area (Å²) in [6, 6.07) is 0.212. The van der Waals surface area contributed by atoms with E-state index in [1.165, 1.54) is 31.4 Å². The quantitative estimate of drug-likeness (QED) is 0.875. The van der Waals surface area contributed by atoms with Crippen LogP contribution in [0.3, 0.4) is 0 Å². The van der Waals surface area contributed by atoms with Crippen LogP contribution in [-0.4, -0.2) is 30.3 Å². The Hall–Kier alpha value is -1.14. The van der Waals surface area contributed by atoms with Crippen LogP contribution in [0.2, 0.25) is 0 Å². The number of aromatic nitrogens is 1. The summed E-state index contributed by atoms with van der Waals surface area (Å²) < 4.78 is 5.43. The lowest BCUT2D eigenvalue weighted by atomic mass is 9.87. The Morgan fingerprint density at radius 1 is 1.29 bits per heavy atom. The van der Waals surface area contributed by atoms with E-state index < -0.39 is 0 Å². The molecule has 4 atom stereocenters. The Balaban J connectivity index is 1.16. The van der Waals surface area contributed by atoms with E-state index in [0.29, 0.717) is 17.4 Å². The van der Waals surface area contributed by atoms with Crippen LogP contribution in [0, 0.1) is 17.3 Å². The predicted molar refractivity (Wildman–Crippen MR) is 93.3 cm³/mol. The number of anilines is 1. The number of hydrogen-bond donors (Lipinski definition) is 2. The average Bonchev–Trinajstić information content (AvgIpc) is 3.07. The van der Waals surface area contributed by atoms with E-state index in [0.717, 1.165) is 49.4 Å². The monoisotopic (exact) mass is 347 g/mol. The van der Waals surface area contributed by atoms with E-state index in [2.05, 4.69) is 16.0 Å². The van der Waals surface area contributed by atoms with Gasteiger partial charge in [-0.25, -0.2) is 9.78 Å². The van der Waals surface area contributed by atoms with E-state index in [1.807, 2.05) is 0 Å². The minimum atomic E-state index is -0.0998. The number of rotatable bonds is 3. The molecule has 4 unspecified atom stereocenters. The molecule has 4 fully saturated rings. The van der Waals surface area contributed by atoms with Crippen molar-refractivity contribution in [3.05, 3.63) is 11.1 Å². The van der Waals surface area contributed by atoms with Crippen molar-refractivity contribution in [2.24, 2.45) is 17.3 Å². The second kappa shape index (κ2) is 5.70. The van der Waals surface area contributed by atoms with E-state index >= 15 is 0 Å². The first-order valence-corrected chi connectivity index (χ1v) is 10.2. The third-order valence-electron chi connectivity index (χ3n) is 6.84. The lowest BCUT2D eigenvalue weighted by Gasteiger charge is -2.22. The van der Waals surface area contributed by atoms with Gasteiger partial charge in [0.15, 0.2) is 5.13 Å². The summed E-state index contributed by atoms with van der Waals surface area (Å²) in [6.07, 6.45) is 8.70. The maximum atomic E-state index is 12.3. The SMILES string of the molecule is O=C(Nc1nc(C2CC3CCC2C3)cs1)NC1CC12CCOCC2. The first-order chi connectivity index (χ1) is 11.7. The molecule has 5 rings (SSSR count). The lowest BCUT2D eigenvalue weighted by molar-refractivity contribution is 0.0548. The molecule has 24 heavy (non-hydrogen) atoms. The Labute approximate surface area is 146 Å². The highest BCUT2D eigenvalue weighted by atomic mass is 32.1. The van der Waals surface area contributed by atoms with Crippen molar-refractivity contribution in [2.45, 2.75) is 56.9 Å². The number of nitrogens with zero attached hydrogens (tertiary/aromatic N) is 1. The third-order valence-corrected chi connectivity index (χ3v) is 7.62. The number of hydrogen-bond acceptors (Lipinski definition) is 4. The molecule has 130 valence electrons. The molecule has 1 aromatic heterocycles. The largest absolute Gasteiger partial charge is 0.381 e. The Kier molecular flexibility index (Phi) is 3.59. The second-order valence-corrected chi connectivity index (χ2v) is 9.05. The Bertz CT molecular complexity index is 640. The van der Waals surface area contributed by atoms with Crippen molar-refractivity contribution in [3.8, 4) is 0 Å². The van der Waals surface area contributed by atoms with Crippen molar-refractivity contribution in [3.63, 3.8) is 0 Å². The lowest BCUT2D eigenvalue weighted by Crippen LogP contribution is -2.35. The molecule has 0 radical (unpaired) electrons. The van der Waals surface area contributed by atoms with Crippen LogP contribution in [0.4, 0.5) is 9.93 Å². The number of urea groups is 1. The molecule has 4 aliphatic rings. The van der Waals surface area contributed by atoms with Gasteiger partial charge in [0.1, 0.15) is 0 Å². The second-order valence-electron chi connectivity index (χ2n) is 8.19. The highest BCUT2D eigenvalue weighted by molar-refractivity contribution is 7.13. The van der Waals surface area contributed by atoms with E-state index in [9.17, 15) is 4.79 Å². The molecule has 5 nitrogen and oxygen atoms in total. The molecule has 3 aliphatic carbocycles. The van der Waals surface area contributed by atoms with Crippen molar-refractivity contribution >= 4 is 22.5 Å². The molecule has 0 aromatic carbocycles. The highest BCUT2D eigenvalue weighted by Gasteiger charge is 2.55. The maximum Gasteiger partial charge on any atom is 0.321 e. The van der Waals surface area contributed by atoms with Crippen molar-refractivity contribution in [1.82, 2.24) is 10.3 Å². The fraction of sp³-hybridized carbons (Fsp3) is 0.778. The zero-order chi connectivity index (χ0) is 16.1. The first kappa shape index (κ1) is 15.1. The molecule has 2 N–H and O–H groups in total. The van der Waals surface area contributed by atoms with Crippen LogP contribution in [-0.2, 0) is 4.74 Å². The number of nitrogens with one attached hydrogen (secondary N) is 2. The summed E-state index contributed by atoms with van der Waals surface area (Å²) in [7, 11) is 0. The van der Waals surface area contributed by atoms with Crippen molar-refractivity contribution < 1.29 is 9.53 Å². The number of carbonyl (C=O) groups excluding carboxylic acids is 1. The average molecular weight is 347 g/mol. The summed E-state index contributed by atoms with van der Waals surface area (Å²) in [5.74, 6) is 2.39. The molecule has 2 amide bonds. The van der Waals surface area contributed by atoms with Gasteiger partial charge in [0.05, 0.1) is 5.69 Å². The summed E-state index contributed by atoms with van der Waals surface area (Å²) >= 11 is 1.56. The zero-order valence-electron chi connectivity index (χ0n) is 13.9. The van der Waals surface area contributed by atoms with Crippen molar-refractivity contribution in [2.75, 3.05) is 18.5 Å². The van der Waals surface area contributed by atoms with Gasteiger partial charge < -0.3 is 10.1 Å². The summed E-state index contributed by atoms with van der Waals surface area (Å²) in [6.45, 7) is 1.67. The van der Waals surface area contributed by atoms with Gasteiger partial charge in [0, 0.05) is 30.6 Å². The Morgan fingerprint density at radius 3 is 2.92 bits per heavy atom. The van der Waals surface area contributed by atoms with Crippen LogP contribution in [0.15, 0.2) is 5.38 Å². The van der Waals surface area contributed by atoms with Crippen LogP contribution in [0.5, 0.6) is 0 Å². The molecular weight excluding hydrogens is 322 g/mol. The molecule has 2 bridgehead atoms. The molecule has 1 aromatic rings. The number of carbonyl (C=O) groups is 1. The van der Waals surface area contributed by atoms with Gasteiger partial charge >= 0.3 is 6.03 Å². The molecule has 1 aliphatic heterocycles. The molecule has 6 heteroatoms. The number of fused-ring (bicyclic) bond motifs is 2. The summed E-state index contributed by atoms with van der Waals surface area (Å²) in [5, 5.41) is 8.97. The third kappa shape index (κ3) is 2.64. The topological polar surface area (TPSA) is 63.2 Å². The fourth-order valence-electron chi connectivity index (χ4n) is 5.29.